The van der Waals surface area contributed by atoms with Crippen molar-refractivity contribution in [2.75, 3.05) is 25.0 Å². The number of benzene rings is 2. The van der Waals surface area contributed by atoms with Crippen LogP contribution in [0, 0.1) is 5.82 Å². The van der Waals surface area contributed by atoms with Gasteiger partial charge >= 0.3 is 0 Å². The lowest BCUT2D eigenvalue weighted by Crippen LogP contribution is -2.44. The fourth-order valence-electron chi connectivity index (χ4n) is 3.18. The van der Waals surface area contributed by atoms with E-state index in [0.717, 1.165) is 32.5 Å². The summed E-state index contributed by atoms with van der Waals surface area (Å²) >= 11 is 0. The quantitative estimate of drug-likeness (QED) is 0.879. The third-order valence-electron chi connectivity index (χ3n) is 4.62. The Kier molecular flexibility index (Phi) is 5.66. The van der Waals surface area contributed by atoms with E-state index in [2.05, 4.69) is 39.8 Å². The molecule has 5 heteroatoms. The maximum Gasteiger partial charge on any atom is 0.251 e. The van der Waals surface area contributed by atoms with Crippen molar-refractivity contribution in [3.63, 3.8) is 0 Å². The second-order valence-corrected chi connectivity index (χ2v) is 6.44. The van der Waals surface area contributed by atoms with Gasteiger partial charge in [0.15, 0.2) is 0 Å². The van der Waals surface area contributed by atoms with Crippen molar-refractivity contribution in [1.82, 2.24) is 10.6 Å². The Balaban J connectivity index is 1.51. The Bertz CT molecular complexity index is 692. The van der Waals surface area contributed by atoms with Gasteiger partial charge in [0.1, 0.15) is 5.82 Å². The number of anilines is 1. The Morgan fingerprint density at radius 2 is 1.72 bits per heavy atom. The van der Waals surface area contributed by atoms with Crippen molar-refractivity contribution in [2.24, 2.45) is 0 Å². The molecule has 1 amide bonds. The van der Waals surface area contributed by atoms with E-state index in [1.165, 1.54) is 35.5 Å². The summed E-state index contributed by atoms with van der Waals surface area (Å²) < 4.78 is 12.9. The van der Waals surface area contributed by atoms with Crippen LogP contribution in [0.2, 0.25) is 0 Å². The van der Waals surface area contributed by atoms with Crippen LogP contribution in [0.15, 0.2) is 48.5 Å². The van der Waals surface area contributed by atoms with E-state index in [-0.39, 0.29) is 17.8 Å². The van der Waals surface area contributed by atoms with Gasteiger partial charge in [0.05, 0.1) is 0 Å². The number of rotatable bonds is 5. The third kappa shape index (κ3) is 4.57. The predicted molar refractivity (Wildman–Crippen MR) is 98.3 cm³/mol. The smallest absolute Gasteiger partial charge is 0.251 e. The Morgan fingerprint density at radius 3 is 2.32 bits per heavy atom. The van der Waals surface area contributed by atoms with Crippen LogP contribution in [-0.4, -0.2) is 32.1 Å². The Morgan fingerprint density at radius 1 is 1.08 bits per heavy atom. The molecule has 0 aromatic heterocycles. The van der Waals surface area contributed by atoms with Crippen LogP contribution in [-0.2, 0) is 6.54 Å². The lowest BCUT2D eigenvalue weighted by molar-refractivity contribution is 0.0931. The number of hydrogen-bond acceptors (Lipinski definition) is 3. The summed E-state index contributed by atoms with van der Waals surface area (Å²) in [5, 5.41) is 6.21. The fourth-order valence-corrected chi connectivity index (χ4v) is 3.18. The molecule has 0 bridgehead atoms. The molecule has 0 saturated carbocycles. The Labute approximate surface area is 148 Å². The molecular formula is C20H24FN3O. The van der Waals surface area contributed by atoms with Crippen LogP contribution in [0.4, 0.5) is 10.1 Å². The monoisotopic (exact) mass is 341 g/mol. The fraction of sp³-hybridized carbons (Fsp3) is 0.350. The number of amides is 1. The standard InChI is InChI=1S/C20H24FN3O/c1-22-14-15-2-8-19(9-3-15)24-12-10-18(11-13-24)23-20(25)16-4-6-17(21)7-5-16/h2-9,18,22H,10-14H2,1H3,(H,23,25). The molecule has 0 atom stereocenters. The topological polar surface area (TPSA) is 44.4 Å². The number of piperidine rings is 1. The van der Waals surface area contributed by atoms with Crippen molar-refractivity contribution >= 4 is 11.6 Å². The number of halogens is 1. The van der Waals surface area contributed by atoms with Crippen LogP contribution in [0.3, 0.4) is 0 Å². The highest BCUT2D eigenvalue weighted by molar-refractivity contribution is 5.94. The molecule has 2 N–H and O–H groups in total. The zero-order valence-corrected chi connectivity index (χ0v) is 14.5. The average Bonchev–Trinajstić information content (AvgIpc) is 2.64. The van der Waals surface area contributed by atoms with Gasteiger partial charge in [0.25, 0.3) is 5.91 Å². The van der Waals surface area contributed by atoms with E-state index in [1.54, 1.807) is 0 Å². The maximum atomic E-state index is 12.9. The first kappa shape index (κ1) is 17.4. The summed E-state index contributed by atoms with van der Waals surface area (Å²) in [7, 11) is 1.94. The van der Waals surface area contributed by atoms with Gasteiger partial charge in [-0.15, -0.1) is 0 Å². The average molecular weight is 341 g/mol. The van der Waals surface area contributed by atoms with Crippen molar-refractivity contribution in [2.45, 2.75) is 25.4 Å². The van der Waals surface area contributed by atoms with Crippen LogP contribution in [0.25, 0.3) is 0 Å². The van der Waals surface area contributed by atoms with E-state index in [1.807, 2.05) is 7.05 Å². The SMILES string of the molecule is CNCc1ccc(N2CCC(NC(=O)c3ccc(F)cc3)CC2)cc1. The van der Waals surface area contributed by atoms with Gasteiger partial charge in [0.2, 0.25) is 0 Å². The largest absolute Gasteiger partial charge is 0.371 e. The lowest BCUT2D eigenvalue weighted by atomic mass is 10.0. The molecule has 1 fully saturated rings. The highest BCUT2D eigenvalue weighted by atomic mass is 19.1. The molecule has 0 radical (unpaired) electrons. The molecule has 1 aliphatic heterocycles. The zero-order valence-electron chi connectivity index (χ0n) is 14.5. The van der Waals surface area contributed by atoms with Gasteiger partial charge in [-0.3, -0.25) is 4.79 Å². The van der Waals surface area contributed by atoms with Gasteiger partial charge in [-0.2, -0.15) is 0 Å². The van der Waals surface area contributed by atoms with E-state index in [0.29, 0.717) is 5.56 Å². The molecule has 2 aromatic rings. The molecule has 4 nitrogen and oxygen atoms in total. The van der Waals surface area contributed by atoms with E-state index in [9.17, 15) is 9.18 Å². The normalized spacial score (nSPS) is 15.2. The highest BCUT2D eigenvalue weighted by Crippen LogP contribution is 2.21. The molecule has 2 aromatic carbocycles. The molecule has 1 aliphatic rings. The lowest BCUT2D eigenvalue weighted by Gasteiger charge is -2.34. The van der Waals surface area contributed by atoms with Crippen molar-refractivity contribution in [1.29, 1.82) is 0 Å². The zero-order chi connectivity index (χ0) is 17.6. The molecule has 1 heterocycles. The van der Waals surface area contributed by atoms with Gasteiger partial charge in [-0.1, -0.05) is 12.1 Å². The van der Waals surface area contributed by atoms with E-state index in [4.69, 9.17) is 0 Å². The van der Waals surface area contributed by atoms with Crippen LogP contribution >= 0.6 is 0 Å². The summed E-state index contributed by atoms with van der Waals surface area (Å²) in [6, 6.07) is 14.4. The minimum Gasteiger partial charge on any atom is -0.371 e. The second kappa shape index (κ2) is 8.12. The minimum atomic E-state index is -0.328. The third-order valence-corrected chi connectivity index (χ3v) is 4.62. The van der Waals surface area contributed by atoms with Crippen molar-refractivity contribution in [3.8, 4) is 0 Å². The first-order chi connectivity index (χ1) is 12.2. The van der Waals surface area contributed by atoms with Gasteiger partial charge in [0, 0.05) is 36.9 Å². The van der Waals surface area contributed by atoms with Crippen LogP contribution in [0.1, 0.15) is 28.8 Å². The number of nitrogens with one attached hydrogen (secondary N) is 2. The Hall–Kier alpha value is -2.40. The van der Waals surface area contributed by atoms with Gasteiger partial charge in [-0.05, 0) is 61.9 Å². The van der Waals surface area contributed by atoms with Crippen molar-refractivity contribution in [3.05, 3.63) is 65.5 Å². The first-order valence-corrected chi connectivity index (χ1v) is 8.70. The number of carbonyl (C=O) groups excluding carboxylic acids is 1. The molecule has 0 unspecified atom stereocenters. The molecule has 132 valence electrons. The summed E-state index contributed by atoms with van der Waals surface area (Å²) in [5.74, 6) is -0.458. The first-order valence-electron chi connectivity index (χ1n) is 8.70. The molecule has 0 spiro atoms. The highest BCUT2D eigenvalue weighted by Gasteiger charge is 2.21. The molecule has 3 rings (SSSR count). The maximum absolute atomic E-state index is 12.9. The molecule has 1 saturated heterocycles. The molecule has 0 aliphatic carbocycles. The van der Waals surface area contributed by atoms with Gasteiger partial charge in [-0.25, -0.2) is 4.39 Å². The van der Waals surface area contributed by atoms with Crippen molar-refractivity contribution < 1.29 is 9.18 Å². The number of nitrogens with zero attached hydrogens (tertiary/aromatic N) is 1. The van der Waals surface area contributed by atoms with Crippen LogP contribution < -0.4 is 15.5 Å². The van der Waals surface area contributed by atoms with E-state index < -0.39 is 0 Å². The summed E-state index contributed by atoms with van der Waals surface area (Å²) in [5.41, 5.74) is 3.00. The predicted octanol–water partition coefficient (Wildman–Crippen LogP) is 2.94. The minimum absolute atomic E-state index is 0.130. The molecular weight excluding hydrogens is 317 g/mol. The summed E-state index contributed by atoms with van der Waals surface area (Å²) in [4.78, 5) is 14.6. The number of carbonyl (C=O) groups is 1. The number of hydrogen-bond donors (Lipinski definition) is 2. The van der Waals surface area contributed by atoms with E-state index >= 15 is 0 Å². The molecule has 25 heavy (non-hydrogen) atoms. The summed E-state index contributed by atoms with van der Waals surface area (Å²) in [6.45, 7) is 2.71. The van der Waals surface area contributed by atoms with Crippen LogP contribution in [0.5, 0.6) is 0 Å². The summed E-state index contributed by atoms with van der Waals surface area (Å²) in [6.07, 6.45) is 1.82. The second-order valence-electron chi connectivity index (χ2n) is 6.44. The van der Waals surface area contributed by atoms with Gasteiger partial charge < -0.3 is 15.5 Å².